The normalized spacial score (nSPS) is 14.6. The van der Waals surface area contributed by atoms with Crippen LogP contribution in [0.4, 0.5) is 0 Å². The first kappa shape index (κ1) is 19.8. The van der Waals surface area contributed by atoms with E-state index < -0.39 is 0 Å². The molecule has 3 rings (SSSR count). The maximum Gasteiger partial charge on any atom is 0.289 e. The van der Waals surface area contributed by atoms with E-state index in [0.717, 1.165) is 5.56 Å². The molecule has 8 heteroatoms. The predicted octanol–water partition coefficient (Wildman–Crippen LogP) is 1.37. The molecule has 28 heavy (non-hydrogen) atoms. The van der Waals surface area contributed by atoms with Crippen molar-refractivity contribution in [2.24, 2.45) is 0 Å². The lowest BCUT2D eigenvalue weighted by molar-refractivity contribution is -0.122. The van der Waals surface area contributed by atoms with Gasteiger partial charge in [-0.1, -0.05) is 6.07 Å². The molecule has 0 aliphatic carbocycles. The van der Waals surface area contributed by atoms with Crippen molar-refractivity contribution in [3.63, 3.8) is 0 Å². The molecule has 0 bridgehead atoms. The highest BCUT2D eigenvalue weighted by Gasteiger charge is 2.24. The van der Waals surface area contributed by atoms with Gasteiger partial charge in [0.2, 0.25) is 5.91 Å². The van der Waals surface area contributed by atoms with Crippen LogP contribution < -0.4 is 14.8 Å². The van der Waals surface area contributed by atoms with Crippen molar-refractivity contribution in [3.8, 4) is 11.5 Å². The van der Waals surface area contributed by atoms with Gasteiger partial charge in [-0.3, -0.25) is 14.5 Å². The zero-order valence-corrected chi connectivity index (χ0v) is 16.1. The van der Waals surface area contributed by atoms with Gasteiger partial charge >= 0.3 is 0 Å². The van der Waals surface area contributed by atoms with Crippen molar-refractivity contribution in [1.29, 1.82) is 0 Å². The van der Waals surface area contributed by atoms with E-state index >= 15 is 0 Å². The minimum absolute atomic E-state index is 0.0550. The SMILES string of the molecule is COc1ccc(CNC(=O)CN2CCN(C(=O)c3ccco3)CC2)cc1OC. The number of ether oxygens (including phenoxy) is 2. The second-order valence-corrected chi connectivity index (χ2v) is 6.51. The molecule has 1 saturated heterocycles. The summed E-state index contributed by atoms with van der Waals surface area (Å²) in [4.78, 5) is 28.3. The first-order chi connectivity index (χ1) is 13.6. The lowest BCUT2D eigenvalue weighted by Gasteiger charge is -2.33. The predicted molar refractivity (Wildman–Crippen MR) is 102 cm³/mol. The summed E-state index contributed by atoms with van der Waals surface area (Å²) in [6, 6.07) is 8.91. The number of carbonyl (C=O) groups is 2. The summed E-state index contributed by atoms with van der Waals surface area (Å²) < 4.78 is 15.6. The molecule has 1 N–H and O–H groups in total. The standard InChI is InChI=1S/C20H25N3O5/c1-26-16-6-5-15(12-18(16)27-2)13-21-19(24)14-22-7-9-23(10-8-22)20(25)17-4-3-11-28-17/h3-6,11-12H,7-10,13-14H2,1-2H3,(H,21,24). The van der Waals surface area contributed by atoms with Crippen molar-refractivity contribution in [1.82, 2.24) is 15.1 Å². The Bertz CT molecular complexity index is 798. The topological polar surface area (TPSA) is 84.3 Å². The van der Waals surface area contributed by atoms with Crippen LogP contribution in [-0.2, 0) is 11.3 Å². The van der Waals surface area contributed by atoms with Crippen molar-refractivity contribution in [2.45, 2.75) is 6.54 Å². The number of carbonyl (C=O) groups excluding carboxylic acids is 2. The quantitative estimate of drug-likeness (QED) is 0.773. The van der Waals surface area contributed by atoms with Crippen LogP contribution in [0, 0.1) is 0 Å². The third kappa shape index (κ3) is 4.83. The maximum atomic E-state index is 12.3. The molecule has 8 nitrogen and oxygen atoms in total. The number of nitrogens with zero attached hydrogens (tertiary/aromatic N) is 2. The highest BCUT2D eigenvalue weighted by Crippen LogP contribution is 2.27. The Kier molecular flexibility index (Phi) is 6.54. The Morgan fingerprint density at radius 3 is 2.46 bits per heavy atom. The van der Waals surface area contributed by atoms with Crippen LogP contribution in [0.15, 0.2) is 41.0 Å². The van der Waals surface area contributed by atoms with Crippen LogP contribution in [0.3, 0.4) is 0 Å². The van der Waals surface area contributed by atoms with Gasteiger partial charge in [-0.2, -0.15) is 0 Å². The van der Waals surface area contributed by atoms with E-state index in [2.05, 4.69) is 5.32 Å². The lowest BCUT2D eigenvalue weighted by Crippen LogP contribution is -2.51. The number of hydrogen-bond donors (Lipinski definition) is 1. The molecular formula is C20H25N3O5. The number of rotatable bonds is 7. The number of furan rings is 1. The van der Waals surface area contributed by atoms with Gasteiger partial charge in [0.15, 0.2) is 17.3 Å². The Hall–Kier alpha value is -3.00. The number of hydrogen-bond acceptors (Lipinski definition) is 6. The minimum atomic E-state index is -0.109. The molecule has 1 aliphatic heterocycles. The van der Waals surface area contributed by atoms with E-state index in [1.165, 1.54) is 6.26 Å². The summed E-state index contributed by atoms with van der Waals surface area (Å²) in [6.07, 6.45) is 1.49. The molecule has 2 amide bonds. The molecule has 2 aromatic rings. The van der Waals surface area contributed by atoms with Gasteiger partial charge in [0, 0.05) is 32.7 Å². The van der Waals surface area contributed by atoms with Crippen LogP contribution in [-0.4, -0.2) is 68.6 Å². The molecule has 1 aliphatic rings. The summed E-state index contributed by atoms with van der Waals surface area (Å²) in [5.74, 6) is 1.47. The van der Waals surface area contributed by atoms with Gasteiger partial charge in [-0.25, -0.2) is 0 Å². The molecule has 0 saturated carbocycles. The van der Waals surface area contributed by atoms with Gasteiger partial charge in [-0.05, 0) is 29.8 Å². The summed E-state index contributed by atoms with van der Waals surface area (Å²) >= 11 is 0. The van der Waals surface area contributed by atoms with Gasteiger partial charge in [0.05, 0.1) is 27.0 Å². The van der Waals surface area contributed by atoms with Crippen LogP contribution in [0.2, 0.25) is 0 Å². The molecule has 1 fully saturated rings. The van der Waals surface area contributed by atoms with E-state index in [0.29, 0.717) is 56.5 Å². The monoisotopic (exact) mass is 387 g/mol. The second-order valence-electron chi connectivity index (χ2n) is 6.51. The molecule has 0 unspecified atom stereocenters. The highest BCUT2D eigenvalue weighted by atomic mass is 16.5. The molecule has 0 spiro atoms. The van der Waals surface area contributed by atoms with E-state index in [4.69, 9.17) is 13.9 Å². The fourth-order valence-corrected chi connectivity index (χ4v) is 3.12. The van der Waals surface area contributed by atoms with E-state index in [1.54, 1.807) is 31.3 Å². The average Bonchev–Trinajstić information content (AvgIpc) is 3.27. The summed E-state index contributed by atoms with van der Waals surface area (Å²) in [7, 11) is 3.16. The Balaban J connectivity index is 1.43. The molecule has 1 aromatic heterocycles. The van der Waals surface area contributed by atoms with Crippen LogP contribution in [0.5, 0.6) is 11.5 Å². The summed E-state index contributed by atoms with van der Waals surface area (Å²) in [6.45, 7) is 3.16. The van der Waals surface area contributed by atoms with E-state index in [9.17, 15) is 9.59 Å². The Morgan fingerprint density at radius 1 is 1.07 bits per heavy atom. The first-order valence-corrected chi connectivity index (χ1v) is 9.13. The van der Waals surface area contributed by atoms with Crippen molar-refractivity contribution < 1.29 is 23.5 Å². The summed E-state index contributed by atoms with van der Waals surface area (Å²) in [5.41, 5.74) is 0.930. The fourth-order valence-electron chi connectivity index (χ4n) is 3.12. The van der Waals surface area contributed by atoms with Gasteiger partial charge in [0.25, 0.3) is 5.91 Å². The zero-order valence-electron chi connectivity index (χ0n) is 16.1. The zero-order chi connectivity index (χ0) is 19.9. The third-order valence-electron chi connectivity index (χ3n) is 4.70. The number of nitrogens with one attached hydrogen (secondary N) is 1. The highest BCUT2D eigenvalue weighted by molar-refractivity contribution is 5.91. The third-order valence-corrected chi connectivity index (χ3v) is 4.70. The fraction of sp³-hybridized carbons (Fsp3) is 0.400. The average molecular weight is 387 g/mol. The molecule has 0 atom stereocenters. The van der Waals surface area contributed by atoms with Gasteiger partial charge in [-0.15, -0.1) is 0 Å². The second kappa shape index (κ2) is 9.27. The maximum absolute atomic E-state index is 12.3. The van der Waals surface area contributed by atoms with Crippen LogP contribution in [0.25, 0.3) is 0 Å². The van der Waals surface area contributed by atoms with Crippen molar-refractivity contribution in [3.05, 3.63) is 47.9 Å². The van der Waals surface area contributed by atoms with Crippen molar-refractivity contribution >= 4 is 11.8 Å². The Labute approximate surface area is 164 Å². The number of methoxy groups -OCH3 is 2. The first-order valence-electron chi connectivity index (χ1n) is 9.13. The summed E-state index contributed by atoms with van der Waals surface area (Å²) in [5, 5.41) is 2.92. The van der Waals surface area contributed by atoms with E-state index in [-0.39, 0.29) is 11.8 Å². The lowest BCUT2D eigenvalue weighted by atomic mass is 10.2. The van der Waals surface area contributed by atoms with Gasteiger partial charge in [0.1, 0.15) is 0 Å². The largest absolute Gasteiger partial charge is 0.493 e. The smallest absolute Gasteiger partial charge is 0.289 e. The Morgan fingerprint density at radius 2 is 1.82 bits per heavy atom. The molecule has 1 aromatic carbocycles. The number of benzene rings is 1. The molecule has 0 radical (unpaired) electrons. The van der Waals surface area contributed by atoms with Crippen LogP contribution in [0.1, 0.15) is 16.1 Å². The van der Waals surface area contributed by atoms with E-state index in [1.807, 2.05) is 23.1 Å². The minimum Gasteiger partial charge on any atom is -0.493 e. The van der Waals surface area contributed by atoms with Crippen LogP contribution >= 0.6 is 0 Å². The molecule has 150 valence electrons. The number of amides is 2. The molecular weight excluding hydrogens is 362 g/mol. The van der Waals surface area contributed by atoms with Crippen molar-refractivity contribution in [2.75, 3.05) is 46.9 Å². The van der Waals surface area contributed by atoms with Gasteiger partial charge < -0.3 is 24.1 Å². The molecule has 2 heterocycles. The number of piperazine rings is 1.